The monoisotopic (exact) mass is 344 g/mol. The van der Waals surface area contributed by atoms with Crippen molar-refractivity contribution in [1.82, 2.24) is 4.31 Å². The Morgan fingerprint density at radius 3 is 2.43 bits per heavy atom. The maximum atomic E-state index is 12.9. The van der Waals surface area contributed by atoms with Gasteiger partial charge in [-0.25, -0.2) is 8.42 Å². The van der Waals surface area contributed by atoms with Crippen LogP contribution < -0.4 is 20.1 Å². The van der Waals surface area contributed by atoms with Crippen LogP contribution in [0.25, 0.3) is 0 Å². The number of hydrogen-bond donors (Lipinski definition) is 2. The zero-order valence-electron chi connectivity index (χ0n) is 13.2. The number of sulfonamides is 1. The van der Waals surface area contributed by atoms with Crippen molar-refractivity contribution in [1.29, 1.82) is 0 Å². The molecule has 1 heterocycles. The summed E-state index contributed by atoms with van der Waals surface area (Å²) in [5.41, 5.74) is 5.18. The summed E-state index contributed by atoms with van der Waals surface area (Å²) < 4.78 is 37.4. The molecule has 0 atom stereocenters. The number of carbonyl (C=O) groups excluding carboxylic acids is 1. The molecule has 0 unspecified atom stereocenters. The first-order valence-electron chi connectivity index (χ1n) is 7.22. The van der Waals surface area contributed by atoms with Crippen molar-refractivity contribution in [3.63, 3.8) is 0 Å². The van der Waals surface area contributed by atoms with Crippen LogP contribution in [-0.4, -0.2) is 65.6 Å². The highest BCUT2D eigenvalue weighted by Crippen LogP contribution is 2.30. The van der Waals surface area contributed by atoms with E-state index in [1.165, 1.54) is 24.6 Å². The van der Waals surface area contributed by atoms with Gasteiger partial charge in [-0.05, 0) is 12.1 Å². The number of nitrogens with zero attached hydrogens (tertiary/aromatic N) is 1. The minimum Gasteiger partial charge on any atom is -0.497 e. The second kappa shape index (κ2) is 7.16. The molecule has 1 aliphatic rings. The number of nitrogens with one attached hydrogen (secondary N) is 1. The first kappa shape index (κ1) is 17.5. The Hall–Kier alpha value is -1.84. The van der Waals surface area contributed by atoms with E-state index in [9.17, 15) is 13.2 Å². The lowest BCUT2D eigenvalue weighted by atomic mass is 10.3. The van der Waals surface area contributed by atoms with Gasteiger partial charge in [0.2, 0.25) is 10.0 Å². The van der Waals surface area contributed by atoms with E-state index < -0.39 is 10.0 Å². The Labute approximate surface area is 135 Å². The molecular weight excluding hydrogens is 322 g/mol. The van der Waals surface area contributed by atoms with Crippen LogP contribution in [0.1, 0.15) is 0 Å². The Balaban J connectivity index is 2.21. The van der Waals surface area contributed by atoms with Gasteiger partial charge in [0.05, 0.1) is 40.4 Å². The molecule has 0 saturated carbocycles. The third-order valence-electron chi connectivity index (χ3n) is 3.84. The summed E-state index contributed by atoms with van der Waals surface area (Å²) in [7, 11) is -0.788. The van der Waals surface area contributed by atoms with Crippen molar-refractivity contribution in [3.8, 4) is 11.5 Å². The fourth-order valence-corrected chi connectivity index (χ4v) is 4.20. The molecule has 3 N–H and O–H groups in total. The number of carbonyl (C=O) groups is 1. The molecule has 1 amide bonds. The molecule has 0 bridgehead atoms. The topological polar surface area (TPSA) is 103 Å². The second-order valence-corrected chi connectivity index (χ2v) is 7.22. The summed E-state index contributed by atoms with van der Waals surface area (Å²) in [6.07, 6.45) is 0. The van der Waals surface area contributed by atoms with Crippen LogP contribution in [0, 0.1) is 0 Å². The van der Waals surface area contributed by atoms with Crippen LogP contribution in [0.2, 0.25) is 0 Å². The van der Waals surface area contributed by atoms with Crippen molar-refractivity contribution >= 4 is 15.9 Å². The van der Waals surface area contributed by atoms with Gasteiger partial charge in [0.25, 0.3) is 5.91 Å². The third kappa shape index (κ3) is 3.92. The van der Waals surface area contributed by atoms with Gasteiger partial charge in [0.15, 0.2) is 6.54 Å². The fraction of sp³-hybridized carbons (Fsp3) is 0.500. The number of hydrogen-bond acceptors (Lipinski definition) is 5. The second-order valence-electron chi connectivity index (χ2n) is 5.31. The third-order valence-corrected chi connectivity index (χ3v) is 5.76. The maximum absolute atomic E-state index is 12.9. The van der Waals surface area contributed by atoms with Crippen molar-refractivity contribution in [3.05, 3.63) is 18.2 Å². The van der Waals surface area contributed by atoms with Crippen molar-refractivity contribution in [2.24, 2.45) is 5.73 Å². The minimum atomic E-state index is -3.69. The van der Waals surface area contributed by atoms with Gasteiger partial charge in [-0.2, -0.15) is 4.31 Å². The molecule has 1 saturated heterocycles. The molecule has 0 aliphatic carbocycles. The summed E-state index contributed by atoms with van der Waals surface area (Å²) >= 11 is 0. The number of quaternary nitrogens is 1. The van der Waals surface area contributed by atoms with Gasteiger partial charge < -0.3 is 20.1 Å². The number of benzene rings is 1. The van der Waals surface area contributed by atoms with Crippen LogP contribution in [0.15, 0.2) is 23.1 Å². The van der Waals surface area contributed by atoms with Crippen molar-refractivity contribution < 1.29 is 27.6 Å². The number of piperazine rings is 1. The number of ether oxygens (including phenoxy) is 2. The lowest BCUT2D eigenvalue weighted by Crippen LogP contribution is -3.15. The summed E-state index contributed by atoms with van der Waals surface area (Å²) in [4.78, 5) is 12.0. The number of primary amides is 1. The van der Waals surface area contributed by atoms with Crippen LogP contribution in [0.3, 0.4) is 0 Å². The van der Waals surface area contributed by atoms with E-state index in [1.807, 2.05) is 0 Å². The van der Waals surface area contributed by atoms with E-state index in [0.717, 1.165) is 4.90 Å². The molecule has 1 fully saturated rings. The van der Waals surface area contributed by atoms with Gasteiger partial charge in [-0.3, -0.25) is 4.79 Å². The average Bonchev–Trinajstić information content (AvgIpc) is 2.54. The van der Waals surface area contributed by atoms with E-state index in [4.69, 9.17) is 15.2 Å². The van der Waals surface area contributed by atoms with Crippen LogP contribution >= 0.6 is 0 Å². The Kier molecular flexibility index (Phi) is 5.45. The molecule has 1 aromatic carbocycles. The lowest BCUT2D eigenvalue weighted by Gasteiger charge is -2.31. The molecule has 1 aliphatic heterocycles. The SMILES string of the molecule is COc1ccc(OC)c(S(=O)(=O)N2CC[NH+](CC(N)=O)CC2)c1. The molecule has 23 heavy (non-hydrogen) atoms. The van der Waals surface area contributed by atoms with Crippen LogP contribution in [0.5, 0.6) is 11.5 Å². The summed E-state index contributed by atoms with van der Waals surface area (Å²) in [6.45, 7) is 1.94. The smallest absolute Gasteiger partial charge is 0.272 e. The first-order chi connectivity index (χ1) is 10.9. The average molecular weight is 344 g/mol. The predicted molar refractivity (Wildman–Crippen MR) is 83.1 cm³/mol. The minimum absolute atomic E-state index is 0.0812. The number of nitrogens with two attached hydrogens (primary N) is 1. The van der Waals surface area contributed by atoms with E-state index in [-0.39, 0.29) is 23.1 Å². The standard InChI is InChI=1S/C14H21N3O5S/c1-21-11-3-4-12(22-2)13(9-11)23(19,20)17-7-5-16(6-8-17)10-14(15)18/h3-4,9H,5-8,10H2,1-2H3,(H2,15,18)/p+1. The molecule has 2 rings (SSSR count). The highest BCUT2D eigenvalue weighted by molar-refractivity contribution is 7.89. The maximum Gasteiger partial charge on any atom is 0.272 e. The van der Waals surface area contributed by atoms with Crippen molar-refractivity contribution in [2.45, 2.75) is 4.90 Å². The number of amides is 1. The summed E-state index contributed by atoms with van der Waals surface area (Å²) in [5.74, 6) is 0.339. The Morgan fingerprint density at radius 2 is 1.91 bits per heavy atom. The van der Waals surface area contributed by atoms with E-state index >= 15 is 0 Å². The highest BCUT2D eigenvalue weighted by atomic mass is 32.2. The molecule has 128 valence electrons. The van der Waals surface area contributed by atoms with Gasteiger partial charge in [-0.1, -0.05) is 0 Å². The molecule has 9 heteroatoms. The Morgan fingerprint density at radius 1 is 1.26 bits per heavy atom. The zero-order valence-corrected chi connectivity index (χ0v) is 14.1. The highest BCUT2D eigenvalue weighted by Gasteiger charge is 2.33. The van der Waals surface area contributed by atoms with Crippen LogP contribution in [0.4, 0.5) is 0 Å². The first-order valence-corrected chi connectivity index (χ1v) is 8.66. The molecule has 1 aromatic rings. The van der Waals surface area contributed by atoms with E-state index in [2.05, 4.69) is 0 Å². The van der Waals surface area contributed by atoms with E-state index in [1.54, 1.807) is 12.1 Å². The van der Waals surface area contributed by atoms with Gasteiger partial charge in [-0.15, -0.1) is 0 Å². The molecule has 0 spiro atoms. The molecule has 8 nitrogen and oxygen atoms in total. The number of methoxy groups -OCH3 is 2. The molecule has 0 aromatic heterocycles. The predicted octanol–water partition coefficient (Wildman–Crippen LogP) is -1.92. The lowest BCUT2D eigenvalue weighted by molar-refractivity contribution is -0.895. The van der Waals surface area contributed by atoms with Gasteiger partial charge in [0.1, 0.15) is 16.4 Å². The largest absolute Gasteiger partial charge is 0.497 e. The fourth-order valence-electron chi connectivity index (χ4n) is 2.59. The van der Waals surface area contributed by atoms with Gasteiger partial charge >= 0.3 is 0 Å². The van der Waals surface area contributed by atoms with Crippen molar-refractivity contribution in [2.75, 3.05) is 46.9 Å². The molecule has 0 radical (unpaired) electrons. The Bertz CT molecular complexity index is 669. The zero-order chi connectivity index (χ0) is 17.0. The number of rotatable bonds is 6. The summed E-state index contributed by atoms with van der Waals surface area (Å²) in [5, 5.41) is 0. The van der Waals surface area contributed by atoms with E-state index in [0.29, 0.717) is 31.9 Å². The quantitative estimate of drug-likeness (QED) is 0.626. The molecular formula is C14H22N3O5S+. The van der Waals surface area contributed by atoms with Crippen LogP contribution in [-0.2, 0) is 14.8 Å². The summed E-state index contributed by atoms with van der Waals surface area (Å²) in [6, 6.07) is 4.67. The van der Waals surface area contributed by atoms with Gasteiger partial charge in [0, 0.05) is 6.07 Å². The normalized spacial score (nSPS) is 17.0.